The summed E-state index contributed by atoms with van der Waals surface area (Å²) in [4.78, 5) is 3.93. The zero-order valence-electron chi connectivity index (χ0n) is 7.06. The Morgan fingerprint density at radius 2 is 2.00 bits per heavy atom. The van der Waals surface area contributed by atoms with Crippen LogP contribution >= 0.6 is 11.6 Å². The van der Waals surface area contributed by atoms with E-state index in [4.69, 9.17) is 11.6 Å². The number of hydrogen-bond acceptors (Lipinski definition) is 1. The van der Waals surface area contributed by atoms with E-state index < -0.39 is 0 Å². The predicted octanol–water partition coefficient (Wildman–Crippen LogP) is 3.03. The summed E-state index contributed by atoms with van der Waals surface area (Å²) in [5.41, 5.74) is 1.26. The molecule has 0 aromatic carbocycles. The molecule has 0 fully saturated rings. The van der Waals surface area contributed by atoms with Crippen LogP contribution in [0.3, 0.4) is 0 Å². The predicted molar refractivity (Wildman–Crippen MR) is 47.9 cm³/mol. The molecule has 0 atom stereocenters. The van der Waals surface area contributed by atoms with Crippen LogP contribution in [0.15, 0.2) is 18.5 Å². The molecule has 0 saturated carbocycles. The monoisotopic (exact) mass is 169 g/mol. The number of rotatable bonds is 0. The number of halogens is 1. The molecular weight excluding hydrogens is 158 g/mol. The van der Waals surface area contributed by atoms with Gasteiger partial charge in [-0.3, -0.25) is 4.98 Å². The Labute approximate surface area is 72.4 Å². The fraction of sp³-hybridized carbons (Fsp3) is 0.444. The summed E-state index contributed by atoms with van der Waals surface area (Å²) in [6.45, 7) is 6.40. The second-order valence-electron chi connectivity index (χ2n) is 3.61. The van der Waals surface area contributed by atoms with Crippen molar-refractivity contribution in [3.05, 3.63) is 29.0 Å². The SMILES string of the molecule is CC(C)(C)c1ccncc1Cl. The van der Waals surface area contributed by atoms with Gasteiger partial charge < -0.3 is 0 Å². The molecule has 60 valence electrons. The third-order valence-corrected chi connectivity index (χ3v) is 1.88. The minimum Gasteiger partial charge on any atom is -0.263 e. The summed E-state index contributed by atoms with van der Waals surface area (Å²) in [6.07, 6.45) is 3.45. The standard InChI is InChI=1S/C9H12ClN/c1-9(2,3)7-4-5-11-6-8(7)10/h4-6H,1-3H3. The van der Waals surface area contributed by atoms with Crippen molar-refractivity contribution >= 4 is 11.6 Å². The molecule has 1 heterocycles. The average molecular weight is 170 g/mol. The van der Waals surface area contributed by atoms with E-state index in [2.05, 4.69) is 25.8 Å². The van der Waals surface area contributed by atoms with Crippen molar-refractivity contribution in [3.8, 4) is 0 Å². The molecule has 1 aromatic heterocycles. The van der Waals surface area contributed by atoms with Gasteiger partial charge in [0.15, 0.2) is 0 Å². The molecule has 0 bridgehead atoms. The lowest BCUT2D eigenvalue weighted by Gasteiger charge is -2.19. The Kier molecular flexibility index (Phi) is 2.19. The first-order chi connectivity index (χ1) is 5.02. The fourth-order valence-electron chi connectivity index (χ4n) is 0.983. The number of nitrogens with zero attached hydrogens (tertiary/aromatic N) is 1. The van der Waals surface area contributed by atoms with E-state index in [1.807, 2.05) is 6.07 Å². The van der Waals surface area contributed by atoms with Gasteiger partial charge >= 0.3 is 0 Å². The van der Waals surface area contributed by atoms with Crippen molar-refractivity contribution < 1.29 is 0 Å². The van der Waals surface area contributed by atoms with Gasteiger partial charge in [-0.15, -0.1) is 0 Å². The van der Waals surface area contributed by atoms with Crippen molar-refractivity contribution in [1.29, 1.82) is 0 Å². The molecule has 0 aliphatic carbocycles. The summed E-state index contributed by atoms with van der Waals surface area (Å²) in [5.74, 6) is 0. The van der Waals surface area contributed by atoms with Crippen molar-refractivity contribution in [2.45, 2.75) is 26.2 Å². The first-order valence-electron chi connectivity index (χ1n) is 3.62. The van der Waals surface area contributed by atoms with Crippen LogP contribution in [0.4, 0.5) is 0 Å². The van der Waals surface area contributed by atoms with Gasteiger partial charge in [0.2, 0.25) is 0 Å². The van der Waals surface area contributed by atoms with Crippen LogP contribution in [0.5, 0.6) is 0 Å². The lowest BCUT2D eigenvalue weighted by atomic mass is 9.88. The zero-order chi connectivity index (χ0) is 8.48. The van der Waals surface area contributed by atoms with Gasteiger partial charge in [0.1, 0.15) is 0 Å². The normalized spacial score (nSPS) is 11.6. The molecule has 0 saturated heterocycles. The summed E-state index contributed by atoms with van der Waals surface area (Å²) >= 11 is 5.95. The van der Waals surface area contributed by atoms with Crippen LogP contribution in [-0.2, 0) is 5.41 Å². The highest BCUT2D eigenvalue weighted by Gasteiger charge is 2.16. The molecule has 1 rings (SSSR count). The average Bonchev–Trinajstić information content (AvgIpc) is 1.86. The Morgan fingerprint density at radius 3 is 2.36 bits per heavy atom. The summed E-state index contributed by atoms with van der Waals surface area (Å²) < 4.78 is 0. The van der Waals surface area contributed by atoms with Crippen molar-refractivity contribution in [2.75, 3.05) is 0 Å². The third-order valence-electron chi connectivity index (χ3n) is 1.58. The van der Waals surface area contributed by atoms with E-state index in [-0.39, 0.29) is 5.41 Å². The second-order valence-corrected chi connectivity index (χ2v) is 4.01. The number of hydrogen-bond donors (Lipinski definition) is 0. The topological polar surface area (TPSA) is 12.9 Å². The first kappa shape index (κ1) is 8.54. The molecule has 0 radical (unpaired) electrons. The Bertz CT molecular complexity index is 250. The molecule has 1 nitrogen and oxygen atoms in total. The quantitative estimate of drug-likeness (QED) is 0.582. The molecule has 0 amide bonds. The highest BCUT2D eigenvalue weighted by molar-refractivity contribution is 6.31. The number of aromatic nitrogens is 1. The van der Waals surface area contributed by atoms with Gasteiger partial charge in [0.05, 0.1) is 5.02 Å². The number of pyridine rings is 1. The van der Waals surface area contributed by atoms with Gasteiger partial charge in [-0.2, -0.15) is 0 Å². The second kappa shape index (κ2) is 2.82. The fourth-order valence-corrected chi connectivity index (χ4v) is 1.39. The van der Waals surface area contributed by atoms with Crippen LogP contribution < -0.4 is 0 Å². The highest BCUT2D eigenvalue weighted by atomic mass is 35.5. The molecular formula is C9H12ClN. The van der Waals surface area contributed by atoms with Crippen LogP contribution in [0.1, 0.15) is 26.3 Å². The first-order valence-corrected chi connectivity index (χ1v) is 3.99. The van der Waals surface area contributed by atoms with E-state index in [1.165, 1.54) is 0 Å². The van der Waals surface area contributed by atoms with E-state index in [1.54, 1.807) is 12.4 Å². The molecule has 0 N–H and O–H groups in total. The lowest BCUT2D eigenvalue weighted by molar-refractivity contribution is 0.589. The third kappa shape index (κ3) is 1.93. The van der Waals surface area contributed by atoms with Gasteiger partial charge in [-0.05, 0) is 17.0 Å². The molecule has 0 aliphatic heterocycles. The van der Waals surface area contributed by atoms with Gasteiger partial charge in [-0.25, -0.2) is 0 Å². The molecule has 0 spiro atoms. The maximum Gasteiger partial charge on any atom is 0.0626 e. The molecule has 1 aromatic rings. The molecule has 11 heavy (non-hydrogen) atoms. The van der Waals surface area contributed by atoms with Crippen LogP contribution in [0.2, 0.25) is 5.02 Å². The zero-order valence-corrected chi connectivity index (χ0v) is 7.81. The van der Waals surface area contributed by atoms with E-state index in [0.29, 0.717) is 0 Å². The Morgan fingerprint density at radius 1 is 1.36 bits per heavy atom. The summed E-state index contributed by atoms with van der Waals surface area (Å²) in [7, 11) is 0. The van der Waals surface area contributed by atoms with Crippen LogP contribution in [0.25, 0.3) is 0 Å². The molecule has 0 aliphatic rings. The lowest BCUT2D eigenvalue weighted by Crippen LogP contribution is -2.11. The van der Waals surface area contributed by atoms with Crippen LogP contribution in [-0.4, -0.2) is 4.98 Å². The van der Waals surface area contributed by atoms with Gasteiger partial charge in [-0.1, -0.05) is 32.4 Å². The Balaban J connectivity index is 3.14. The van der Waals surface area contributed by atoms with Crippen molar-refractivity contribution in [1.82, 2.24) is 4.98 Å². The largest absolute Gasteiger partial charge is 0.263 e. The summed E-state index contributed by atoms with van der Waals surface area (Å²) in [6, 6.07) is 1.96. The maximum atomic E-state index is 5.95. The maximum absolute atomic E-state index is 5.95. The smallest absolute Gasteiger partial charge is 0.0626 e. The minimum absolute atomic E-state index is 0.111. The molecule has 2 heteroatoms. The van der Waals surface area contributed by atoms with Gasteiger partial charge in [0.25, 0.3) is 0 Å². The van der Waals surface area contributed by atoms with Crippen LogP contribution in [0, 0.1) is 0 Å². The van der Waals surface area contributed by atoms with E-state index >= 15 is 0 Å². The molecule has 0 unspecified atom stereocenters. The van der Waals surface area contributed by atoms with E-state index in [0.717, 1.165) is 10.6 Å². The highest BCUT2D eigenvalue weighted by Crippen LogP contribution is 2.27. The van der Waals surface area contributed by atoms with E-state index in [9.17, 15) is 0 Å². The van der Waals surface area contributed by atoms with Crippen molar-refractivity contribution in [2.24, 2.45) is 0 Å². The Hall–Kier alpha value is -0.560. The van der Waals surface area contributed by atoms with Crippen molar-refractivity contribution in [3.63, 3.8) is 0 Å². The summed E-state index contributed by atoms with van der Waals surface area (Å²) in [5, 5.41) is 0.750. The van der Waals surface area contributed by atoms with Gasteiger partial charge in [0, 0.05) is 12.4 Å². The minimum atomic E-state index is 0.111.